The molecule has 1 saturated heterocycles. The van der Waals surface area contributed by atoms with Crippen molar-refractivity contribution in [3.63, 3.8) is 0 Å². The van der Waals surface area contributed by atoms with Gasteiger partial charge in [-0.15, -0.1) is 24.0 Å². The van der Waals surface area contributed by atoms with Crippen molar-refractivity contribution in [3.05, 3.63) is 72.8 Å². The van der Waals surface area contributed by atoms with E-state index in [-0.39, 0.29) is 35.8 Å². The summed E-state index contributed by atoms with van der Waals surface area (Å²) >= 11 is 0. The first-order valence-corrected chi connectivity index (χ1v) is 10.5. The summed E-state index contributed by atoms with van der Waals surface area (Å²) in [5.74, 6) is 0.885. The van der Waals surface area contributed by atoms with E-state index >= 15 is 0 Å². The largest absolute Gasteiger partial charge is 0.433 e. The number of ether oxygens (including phenoxy) is 1. The first-order valence-electron chi connectivity index (χ1n) is 10.5. The summed E-state index contributed by atoms with van der Waals surface area (Å²) in [7, 11) is 1.73. The Labute approximate surface area is 208 Å². The standard InChI is InChI=1S/C23H26F2N6O.HI/c1-26-23(28-14-17-6-2-3-7-19(17)31-13-11-27-16-31)29-18-10-12-30(15-18)20-8-4-5-9-21(20)32-22(24)25;/h2-9,11,13,16,18,22H,10,12,14-15H2,1H3,(H2,26,28,29);1H. The topological polar surface area (TPSA) is 66.7 Å². The van der Waals surface area contributed by atoms with E-state index in [1.54, 1.807) is 37.8 Å². The van der Waals surface area contributed by atoms with Crippen LogP contribution in [-0.2, 0) is 6.54 Å². The van der Waals surface area contributed by atoms with Gasteiger partial charge in [-0.1, -0.05) is 30.3 Å². The van der Waals surface area contributed by atoms with E-state index in [0.29, 0.717) is 24.7 Å². The summed E-state index contributed by atoms with van der Waals surface area (Å²) in [4.78, 5) is 10.5. The fourth-order valence-corrected chi connectivity index (χ4v) is 3.89. The van der Waals surface area contributed by atoms with Crippen LogP contribution in [0, 0.1) is 0 Å². The van der Waals surface area contributed by atoms with Crippen LogP contribution in [0.5, 0.6) is 5.75 Å². The van der Waals surface area contributed by atoms with Gasteiger partial charge in [-0.2, -0.15) is 8.78 Å². The predicted octanol–water partition coefficient (Wildman–Crippen LogP) is 4.04. The smallest absolute Gasteiger partial charge is 0.387 e. The van der Waals surface area contributed by atoms with Crippen molar-refractivity contribution >= 4 is 35.6 Å². The van der Waals surface area contributed by atoms with E-state index in [2.05, 4.69) is 36.3 Å². The molecule has 33 heavy (non-hydrogen) atoms. The second kappa shape index (κ2) is 11.8. The lowest BCUT2D eigenvalue weighted by atomic mass is 10.1. The maximum Gasteiger partial charge on any atom is 0.387 e. The number of aromatic nitrogens is 2. The number of rotatable bonds is 7. The number of anilines is 1. The molecular weight excluding hydrogens is 541 g/mol. The number of benzene rings is 2. The number of imidazole rings is 1. The summed E-state index contributed by atoms with van der Waals surface area (Å²) in [5, 5.41) is 6.81. The Kier molecular flexibility index (Phi) is 8.87. The molecule has 1 fully saturated rings. The minimum absolute atomic E-state index is 0. The van der Waals surface area contributed by atoms with Crippen molar-refractivity contribution < 1.29 is 13.5 Å². The van der Waals surface area contributed by atoms with Crippen molar-refractivity contribution in [2.45, 2.75) is 25.6 Å². The van der Waals surface area contributed by atoms with Crippen LogP contribution in [0.1, 0.15) is 12.0 Å². The zero-order chi connectivity index (χ0) is 22.3. The average molecular weight is 568 g/mol. The van der Waals surface area contributed by atoms with Gasteiger partial charge in [0.2, 0.25) is 0 Å². The molecule has 0 bridgehead atoms. The molecule has 0 spiro atoms. The van der Waals surface area contributed by atoms with Gasteiger partial charge < -0.3 is 24.8 Å². The summed E-state index contributed by atoms with van der Waals surface area (Å²) in [5.41, 5.74) is 2.84. The molecular formula is C23H27F2IN6O. The fourth-order valence-electron chi connectivity index (χ4n) is 3.89. The molecule has 1 aliphatic rings. The van der Waals surface area contributed by atoms with E-state index in [0.717, 1.165) is 24.2 Å². The van der Waals surface area contributed by atoms with Crippen molar-refractivity contribution in [2.75, 3.05) is 25.0 Å². The number of hydrogen-bond acceptors (Lipinski definition) is 4. The Balaban J connectivity index is 0.00000306. The summed E-state index contributed by atoms with van der Waals surface area (Å²) in [6, 6.07) is 15.1. The van der Waals surface area contributed by atoms with Crippen molar-refractivity contribution in [3.8, 4) is 11.4 Å². The Morgan fingerprint density at radius 1 is 1.18 bits per heavy atom. The molecule has 2 N–H and O–H groups in total. The molecule has 1 unspecified atom stereocenters. The van der Waals surface area contributed by atoms with Crippen LogP contribution in [0.15, 0.2) is 72.2 Å². The lowest BCUT2D eigenvalue weighted by Gasteiger charge is -2.22. The lowest BCUT2D eigenvalue weighted by molar-refractivity contribution is -0.0495. The van der Waals surface area contributed by atoms with Gasteiger partial charge in [-0.25, -0.2) is 4.98 Å². The predicted molar refractivity (Wildman–Crippen MR) is 136 cm³/mol. The molecule has 0 saturated carbocycles. The first kappa shape index (κ1) is 24.7. The first-order chi connectivity index (χ1) is 15.6. The Bertz CT molecular complexity index is 1050. The second-order valence-electron chi connectivity index (χ2n) is 7.45. The van der Waals surface area contributed by atoms with Crippen LogP contribution in [0.2, 0.25) is 0 Å². The Hall–Kier alpha value is -2.89. The minimum atomic E-state index is -2.85. The number of nitrogens with one attached hydrogen (secondary N) is 2. The van der Waals surface area contributed by atoms with E-state index in [9.17, 15) is 8.78 Å². The summed E-state index contributed by atoms with van der Waals surface area (Å²) < 4.78 is 32.1. The number of halogens is 3. The summed E-state index contributed by atoms with van der Waals surface area (Å²) in [6.07, 6.45) is 6.29. The third-order valence-corrected chi connectivity index (χ3v) is 5.40. The highest BCUT2D eigenvalue weighted by atomic mass is 127. The fraction of sp³-hybridized carbons (Fsp3) is 0.304. The van der Waals surface area contributed by atoms with E-state index in [1.165, 1.54) is 0 Å². The van der Waals surface area contributed by atoms with Crippen LogP contribution < -0.4 is 20.3 Å². The molecule has 7 nitrogen and oxygen atoms in total. The lowest BCUT2D eigenvalue weighted by Crippen LogP contribution is -2.44. The highest BCUT2D eigenvalue weighted by molar-refractivity contribution is 14.0. The molecule has 1 atom stereocenters. The molecule has 10 heteroatoms. The van der Waals surface area contributed by atoms with Crippen LogP contribution >= 0.6 is 24.0 Å². The molecule has 1 aliphatic heterocycles. The number of hydrogen-bond donors (Lipinski definition) is 2. The van der Waals surface area contributed by atoms with Crippen molar-refractivity contribution in [2.24, 2.45) is 4.99 Å². The maximum absolute atomic E-state index is 12.7. The number of alkyl halides is 2. The second-order valence-corrected chi connectivity index (χ2v) is 7.45. The van der Waals surface area contributed by atoms with Gasteiger partial charge in [0.25, 0.3) is 0 Å². The van der Waals surface area contributed by atoms with Crippen molar-refractivity contribution in [1.29, 1.82) is 0 Å². The zero-order valence-corrected chi connectivity index (χ0v) is 20.5. The van der Waals surface area contributed by atoms with Gasteiger partial charge in [-0.3, -0.25) is 4.99 Å². The molecule has 0 radical (unpaired) electrons. The van der Waals surface area contributed by atoms with Crippen LogP contribution in [0.3, 0.4) is 0 Å². The molecule has 0 aliphatic carbocycles. The van der Waals surface area contributed by atoms with Crippen LogP contribution in [0.4, 0.5) is 14.5 Å². The number of aliphatic imine (C=N–C) groups is 1. The Morgan fingerprint density at radius 3 is 2.67 bits per heavy atom. The molecule has 3 aromatic rings. The normalized spacial score (nSPS) is 15.9. The van der Waals surface area contributed by atoms with Crippen LogP contribution in [0.25, 0.3) is 5.69 Å². The molecule has 1 aromatic heterocycles. The minimum Gasteiger partial charge on any atom is -0.433 e. The third-order valence-electron chi connectivity index (χ3n) is 5.40. The molecule has 0 amide bonds. The zero-order valence-electron chi connectivity index (χ0n) is 18.2. The van der Waals surface area contributed by atoms with E-state index in [4.69, 9.17) is 0 Å². The van der Waals surface area contributed by atoms with Gasteiger partial charge in [0.15, 0.2) is 5.96 Å². The van der Waals surface area contributed by atoms with Crippen LogP contribution in [-0.4, -0.2) is 48.3 Å². The molecule has 2 heterocycles. The number of para-hydroxylation sites is 3. The van der Waals surface area contributed by atoms with Gasteiger partial charge in [0.1, 0.15) is 5.75 Å². The Morgan fingerprint density at radius 2 is 1.94 bits per heavy atom. The number of nitrogens with zero attached hydrogens (tertiary/aromatic N) is 4. The van der Waals surface area contributed by atoms with Gasteiger partial charge in [-0.05, 0) is 30.2 Å². The van der Waals surface area contributed by atoms with Gasteiger partial charge >= 0.3 is 6.61 Å². The average Bonchev–Trinajstić information content (AvgIpc) is 3.49. The van der Waals surface area contributed by atoms with Crippen molar-refractivity contribution in [1.82, 2.24) is 20.2 Å². The van der Waals surface area contributed by atoms with Gasteiger partial charge in [0, 0.05) is 45.1 Å². The summed E-state index contributed by atoms with van der Waals surface area (Å²) in [6.45, 7) is -0.853. The monoisotopic (exact) mass is 568 g/mol. The number of guanidine groups is 1. The quantitative estimate of drug-likeness (QED) is 0.256. The highest BCUT2D eigenvalue weighted by Crippen LogP contribution is 2.31. The van der Waals surface area contributed by atoms with E-state index < -0.39 is 6.61 Å². The molecule has 176 valence electrons. The van der Waals surface area contributed by atoms with E-state index in [1.807, 2.05) is 35.0 Å². The van der Waals surface area contributed by atoms with Gasteiger partial charge in [0.05, 0.1) is 17.7 Å². The molecule has 2 aromatic carbocycles. The molecule has 4 rings (SSSR count). The maximum atomic E-state index is 12.7. The highest BCUT2D eigenvalue weighted by Gasteiger charge is 2.26. The third kappa shape index (κ3) is 6.34. The SMILES string of the molecule is CN=C(NCc1ccccc1-n1ccnc1)NC1CCN(c2ccccc2OC(F)F)C1.I.